The molecular weight excluding hydrogens is 801 g/mol. The first-order chi connectivity index (χ1) is 29.9. The minimum atomic E-state index is -1.04. The molecule has 7 amide bonds. The number of aryl methyl sites for hydroxylation is 1. The number of oxazole rings is 1. The Kier molecular flexibility index (Phi) is 11.7. The molecule has 5 N–H and O–H groups in total. The van der Waals surface area contributed by atoms with E-state index in [0.29, 0.717) is 53.6 Å². The lowest BCUT2D eigenvalue weighted by Gasteiger charge is -2.27. The van der Waals surface area contributed by atoms with Crippen molar-refractivity contribution in [2.75, 3.05) is 44.0 Å². The molecule has 3 aliphatic rings. The van der Waals surface area contributed by atoms with Crippen molar-refractivity contribution in [2.45, 2.75) is 44.6 Å². The van der Waals surface area contributed by atoms with Crippen LogP contribution in [0, 0.1) is 5.92 Å². The molecule has 19 heteroatoms. The summed E-state index contributed by atoms with van der Waals surface area (Å²) in [6.07, 6.45) is 7.75. The standard InChI is InChI=1S/C43H42N10O9/c1-51(17-19-61-18-3-5-25-4-2-6-29-35(25)43(60)53(42(29)59)32-13-14-34(54)49-39(32)57)41(58)26-9-11-28(12-10-26)52-22-30(36(50-52)37(44)55)47-38(56)31-23-62-40(48-31)27-15-16-45-33(20-27)46-21-24-7-8-24/h2,4,6,9-12,15-16,20,22-24,32H,3,5,7-8,13-14,17-19,21H2,1H3,(H2,44,55)(H,45,46)(H,47,56)(H,49,54,57). The molecular formula is C43H42N10O9. The average Bonchev–Trinajstić information content (AvgIpc) is 3.67. The molecule has 62 heavy (non-hydrogen) atoms. The van der Waals surface area contributed by atoms with Gasteiger partial charge >= 0.3 is 0 Å². The second-order valence-electron chi connectivity index (χ2n) is 15.2. The Labute approximate surface area is 354 Å². The zero-order valence-electron chi connectivity index (χ0n) is 33.6. The predicted molar refractivity (Wildman–Crippen MR) is 220 cm³/mol. The molecule has 2 aromatic carbocycles. The van der Waals surface area contributed by atoms with Crippen LogP contribution in [-0.2, 0) is 20.7 Å². The quantitative estimate of drug-likeness (QED) is 0.0776. The van der Waals surface area contributed by atoms with E-state index in [1.807, 2.05) is 0 Å². The first kappa shape index (κ1) is 41.2. The van der Waals surface area contributed by atoms with Crippen molar-refractivity contribution in [2.24, 2.45) is 11.7 Å². The summed E-state index contributed by atoms with van der Waals surface area (Å²) < 4.78 is 12.7. The second kappa shape index (κ2) is 17.6. The summed E-state index contributed by atoms with van der Waals surface area (Å²) in [4.78, 5) is 100. The highest BCUT2D eigenvalue weighted by Gasteiger charge is 2.45. The number of nitrogens with two attached hydrogens (primary N) is 1. The molecule has 2 aliphatic heterocycles. The second-order valence-corrected chi connectivity index (χ2v) is 15.2. The van der Waals surface area contributed by atoms with E-state index in [2.05, 4.69) is 31.0 Å². The molecule has 1 unspecified atom stereocenters. The number of imide groups is 2. The molecule has 5 aromatic rings. The number of aromatic nitrogens is 4. The molecule has 1 saturated carbocycles. The van der Waals surface area contributed by atoms with Gasteiger partial charge < -0.3 is 30.4 Å². The van der Waals surface area contributed by atoms with Crippen LogP contribution >= 0.6 is 0 Å². The van der Waals surface area contributed by atoms with Gasteiger partial charge in [0.25, 0.3) is 29.5 Å². The van der Waals surface area contributed by atoms with Crippen LogP contribution in [0.2, 0.25) is 0 Å². The van der Waals surface area contributed by atoms with E-state index in [0.717, 1.165) is 11.4 Å². The van der Waals surface area contributed by atoms with Gasteiger partial charge in [0.1, 0.15) is 18.1 Å². The lowest BCUT2D eigenvalue weighted by atomic mass is 9.99. The van der Waals surface area contributed by atoms with Crippen LogP contribution in [0.15, 0.2) is 77.7 Å². The topological polar surface area (TPSA) is 254 Å². The van der Waals surface area contributed by atoms with E-state index < -0.39 is 41.5 Å². The molecule has 0 radical (unpaired) electrons. The van der Waals surface area contributed by atoms with Gasteiger partial charge in [-0.25, -0.2) is 14.6 Å². The third-order valence-electron chi connectivity index (χ3n) is 10.8. The number of hydrogen-bond donors (Lipinski definition) is 4. The summed E-state index contributed by atoms with van der Waals surface area (Å²) in [6, 6.07) is 14.0. The monoisotopic (exact) mass is 842 g/mol. The van der Waals surface area contributed by atoms with Gasteiger partial charge in [-0.1, -0.05) is 12.1 Å². The highest BCUT2D eigenvalue weighted by atomic mass is 16.5. The van der Waals surface area contributed by atoms with E-state index in [4.69, 9.17) is 14.9 Å². The number of benzene rings is 2. The van der Waals surface area contributed by atoms with Gasteiger partial charge in [-0.3, -0.25) is 43.8 Å². The number of piperidine rings is 1. The molecule has 0 spiro atoms. The number of carbonyl (C=O) groups is 7. The normalized spacial score (nSPS) is 16.0. The predicted octanol–water partition coefficient (Wildman–Crippen LogP) is 3.22. The average molecular weight is 843 g/mol. The van der Waals surface area contributed by atoms with Gasteiger partial charge in [-0.2, -0.15) is 5.10 Å². The molecule has 19 nitrogen and oxygen atoms in total. The molecule has 1 saturated heterocycles. The number of amides is 7. The Balaban J connectivity index is 0.813. The fourth-order valence-electron chi connectivity index (χ4n) is 7.25. The Morgan fingerprint density at radius 1 is 1.02 bits per heavy atom. The molecule has 2 fully saturated rings. The number of anilines is 2. The van der Waals surface area contributed by atoms with Crippen molar-refractivity contribution in [3.05, 3.63) is 107 Å². The van der Waals surface area contributed by atoms with Gasteiger partial charge in [0.15, 0.2) is 11.4 Å². The maximum atomic E-state index is 13.4. The van der Waals surface area contributed by atoms with Crippen LogP contribution in [0.25, 0.3) is 17.1 Å². The highest BCUT2D eigenvalue weighted by Crippen LogP contribution is 2.31. The molecule has 0 bridgehead atoms. The Morgan fingerprint density at radius 2 is 1.82 bits per heavy atom. The number of nitrogens with zero attached hydrogens (tertiary/aromatic N) is 6. The van der Waals surface area contributed by atoms with Crippen LogP contribution in [0.4, 0.5) is 11.5 Å². The Bertz CT molecular complexity index is 2600. The first-order valence-corrected chi connectivity index (χ1v) is 20.1. The summed E-state index contributed by atoms with van der Waals surface area (Å²) in [6.45, 7) is 1.68. The third-order valence-corrected chi connectivity index (χ3v) is 10.8. The fourth-order valence-corrected chi connectivity index (χ4v) is 7.25. The molecule has 5 heterocycles. The number of likely N-dealkylation sites (N-methyl/N-ethyl adjacent to an activating group) is 1. The van der Waals surface area contributed by atoms with Crippen LogP contribution in [0.5, 0.6) is 0 Å². The fraction of sp³-hybridized carbons (Fsp3) is 0.302. The van der Waals surface area contributed by atoms with Gasteiger partial charge in [0, 0.05) is 50.5 Å². The SMILES string of the molecule is CN(CCOCCCc1cccc2c1C(=O)N(C1CCC(=O)NC1=O)C2=O)C(=O)c1ccc(-n2cc(NC(=O)c3coc(-c4ccnc(NCC5CC5)c4)n3)c(C(N)=O)n2)cc1. The number of primary amides is 1. The van der Waals surface area contributed by atoms with Gasteiger partial charge in [0.05, 0.1) is 35.3 Å². The lowest BCUT2D eigenvalue weighted by Crippen LogP contribution is -2.54. The van der Waals surface area contributed by atoms with Gasteiger partial charge in [0.2, 0.25) is 17.7 Å². The number of fused-ring (bicyclic) bond motifs is 1. The summed E-state index contributed by atoms with van der Waals surface area (Å²) in [5.41, 5.74) is 8.09. The van der Waals surface area contributed by atoms with E-state index in [-0.39, 0.29) is 66.0 Å². The first-order valence-electron chi connectivity index (χ1n) is 20.1. The van der Waals surface area contributed by atoms with Crippen LogP contribution in [0.1, 0.15) is 89.7 Å². The number of ether oxygens (including phenoxy) is 1. The Morgan fingerprint density at radius 3 is 2.58 bits per heavy atom. The number of nitrogens with one attached hydrogen (secondary N) is 3. The van der Waals surface area contributed by atoms with Crippen molar-refractivity contribution in [3.63, 3.8) is 0 Å². The van der Waals surface area contributed by atoms with Crippen molar-refractivity contribution >= 4 is 52.9 Å². The highest BCUT2D eigenvalue weighted by molar-refractivity contribution is 6.24. The van der Waals surface area contributed by atoms with Crippen molar-refractivity contribution in [1.82, 2.24) is 34.9 Å². The summed E-state index contributed by atoms with van der Waals surface area (Å²) in [5, 5.41) is 12.4. The lowest BCUT2D eigenvalue weighted by molar-refractivity contribution is -0.136. The largest absolute Gasteiger partial charge is 0.444 e. The zero-order chi connectivity index (χ0) is 43.5. The number of hydrogen-bond acceptors (Lipinski definition) is 13. The third kappa shape index (κ3) is 8.83. The van der Waals surface area contributed by atoms with Crippen molar-refractivity contribution < 1.29 is 42.7 Å². The number of pyridine rings is 1. The molecule has 8 rings (SSSR count). The van der Waals surface area contributed by atoms with Crippen LogP contribution < -0.4 is 21.7 Å². The molecule has 1 atom stereocenters. The molecule has 3 aromatic heterocycles. The zero-order valence-corrected chi connectivity index (χ0v) is 33.6. The van der Waals surface area contributed by atoms with Crippen molar-refractivity contribution in [1.29, 1.82) is 0 Å². The summed E-state index contributed by atoms with van der Waals surface area (Å²) >= 11 is 0. The summed E-state index contributed by atoms with van der Waals surface area (Å²) in [7, 11) is 1.64. The summed E-state index contributed by atoms with van der Waals surface area (Å²) in [5.74, 6) is -2.43. The smallest absolute Gasteiger partial charge is 0.277 e. The number of rotatable bonds is 17. The Hall–Kier alpha value is -7.54. The van der Waals surface area contributed by atoms with Crippen LogP contribution in [-0.4, -0.2) is 110 Å². The van der Waals surface area contributed by atoms with E-state index >= 15 is 0 Å². The van der Waals surface area contributed by atoms with Crippen molar-refractivity contribution in [3.8, 4) is 17.1 Å². The van der Waals surface area contributed by atoms with Crippen LogP contribution in [0.3, 0.4) is 0 Å². The van der Waals surface area contributed by atoms with E-state index in [9.17, 15) is 33.6 Å². The maximum Gasteiger partial charge on any atom is 0.277 e. The minimum Gasteiger partial charge on any atom is -0.444 e. The minimum absolute atomic E-state index is 0.0297. The molecule has 318 valence electrons. The van der Waals surface area contributed by atoms with Gasteiger partial charge in [-0.05, 0) is 86.1 Å². The number of carbonyl (C=O) groups excluding carboxylic acids is 7. The molecule has 1 aliphatic carbocycles. The van der Waals surface area contributed by atoms with E-state index in [1.54, 1.807) is 67.8 Å². The van der Waals surface area contributed by atoms with E-state index in [1.165, 1.54) is 34.9 Å². The maximum absolute atomic E-state index is 13.4. The van der Waals surface area contributed by atoms with Gasteiger partial charge in [-0.15, -0.1) is 0 Å².